The number of halogens is 1. The zero-order chi connectivity index (χ0) is 14.5. The molecular weight excluding hydrogens is 278 g/mol. The van der Waals surface area contributed by atoms with Crippen molar-refractivity contribution >= 4 is 29.2 Å². The molecule has 0 aromatic heterocycles. The molecule has 2 N–H and O–H groups in total. The molecular formula is C14H18ClN3O2. The zero-order valence-electron chi connectivity index (χ0n) is 11.4. The number of hydrogen-bond donors (Lipinski definition) is 2. The van der Waals surface area contributed by atoms with Gasteiger partial charge in [0.2, 0.25) is 5.91 Å². The highest BCUT2D eigenvalue weighted by Crippen LogP contribution is 2.14. The number of rotatable bonds is 3. The van der Waals surface area contributed by atoms with Gasteiger partial charge in [-0.25, -0.2) is 4.79 Å². The number of anilines is 1. The average molecular weight is 296 g/mol. The molecule has 0 aliphatic carbocycles. The third kappa shape index (κ3) is 3.87. The number of hydrogen-bond acceptors (Lipinski definition) is 2. The van der Waals surface area contributed by atoms with Crippen LogP contribution in [0, 0.1) is 0 Å². The van der Waals surface area contributed by atoms with Gasteiger partial charge in [0.1, 0.15) is 6.04 Å². The maximum Gasteiger partial charge on any atom is 0.319 e. The van der Waals surface area contributed by atoms with E-state index in [0.29, 0.717) is 10.7 Å². The normalized spacial score (nSPS) is 15.8. The molecule has 0 bridgehead atoms. The van der Waals surface area contributed by atoms with E-state index in [1.165, 1.54) is 0 Å². The molecule has 20 heavy (non-hydrogen) atoms. The fourth-order valence-corrected chi connectivity index (χ4v) is 2.39. The van der Waals surface area contributed by atoms with E-state index in [0.717, 1.165) is 25.9 Å². The second-order valence-electron chi connectivity index (χ2n) is 4.86. The van der Waals surface area contributed by atoms with E-state index in [1.54, 1.807) is 36.1 Å². The van der Waals surface area contributed by atoms with Crippen LogP contribution >= 0.6 is 11.6 Å². The molecule has 1 saturated heterocycles. The van der Waals surface area contributed by atoms with Gasteiger partial charge in [0.25, 0.3) is 0 Å². The molecule has 0 saturated carbocycles. The summed E-state index contributed by atoms with van der Waals surface area (Å²) in [6, 6.07) is 5.91. The topological polar surface area (TPSA) is 61.4 Å². The number of nitrogens with one attached hydrogen (secondary N) is 2. The molecule has 1 aliphatic rings. The first-order valence-corrected chi connectivity index (χ1v) is 7.06. The molecule has 3 amide bonds. The highest BCUT2D eigenvalue weighted by atomic mass is 35.5. The summed E-state index contributed by atoms with van der Waals surface area (Å²) in [6.07, 6.45) is 2.07. The summed E-state index contributed by atoms with van der Waals surface area (Å²) >= 11 is 5.84. The molecule has 0 spiro atoms. The smallest absolute Gasteiger partial charge is 0.319 e. The molecule has 1 atom stereocenters. The molecule has 5 nitrogen and oxygen atoms in total. The van der Waals surface area contributed by atoms with Crippen LogP contribution < -0.4 is 10.6 Å². The van der Waals surface area contributed by atoms with Crippen molar-refractivity contribution in [2.45, 2.75) is 25.8 Å². The van der Waals surface area contributed by atoms with E-state index in [4.69, 9.17) is 11.6 Å². The lowest BCUT2D eigenvalue weighted by molar-refractivity contribution is -0.131. The maximum atomic E-state index is 12.0. The first-order valence-electron chi connectivity index (χ1n) is 6.68. The molecule has 1 aromatic rings. The first kappa shape index (κ1) is 14.7. The third-order valence-corrected chi connectivity index (χ3v) is 3.45. The van der Waals surface area contributed by atoms with E-state index < -0.39 is 12.1 Å². The van der Waals surface area contributed by atoms with Gasteiger partial charge in [-0.2, -0.15) is 0 Å². The fourth-order valence-electron chi connectivity index (χ4n) is 2.20. The SMILES string of the molecule is C[C@H](NC(=O)Nc1cccc(Cl)c1)C(=O)N1CCCC1. The van der Waals surface area contributed by atoms with Crippen LogP contribution in [0.4, 0.5) is 10.5 Å². The van der Waals surface area contributed by atoms with Crippen molar-refractivity contribution in [1.29, 1.82) is 0 Å². The van der Waals surface area contributed by atoms with Crippen molar-refractivity contribution in [1.82, 2.24) is 10.2 Å². The number of benzene rings is 1. The van der Waals surface area contributed by atoms with Crippen molar-refractivity contribution in [3.05, 3.63) is 29.3 Å². The molecule has 1 fully saturated rings. The molecule has 1 aromatic carbocycles. The Kier molecular flexibility index (Phi) is 4.84. The van der Waals surface area contributed by atoms with Gasteiger partial charge in [0.15, 0.2) is 0 Å². The van der Waals surface area contributed by atoms with Crippen molar-refractivity contribution in [2.24, 2.45) is 0 Å². The quantitative estimate of drug-likeness (QED) is 0.900. The summed E-state index contributed by atoms with van der Waals surface area (Å²) in [7, 11) is 0. The average Bonchev–Trinajstić information content (AvgIpc) is 2.91. The van der Waals surface area contributed by atoms with E-state index in [1.807, 2.05) is 0 Å². The predicted molar refractivity (Wildman–Crippen MR) is 78.9 cm³/mol. The standard InChI is InChI=1S/C14H18ClN3O2/c1-10(13(19)18-7-2-3-8-18)16-14(20)17-12-6-4-5-11(15)9-12/h4-6,9-10H,2-3,7-8H2,1H3,(H2,16,17,20)/t10-/m0/s1. The molecule has 6 heteroatoms. The molecule has 0 unspecified atom stereocenters. The van der Waals surface area contributed by atoms with Crippen molar-refractivity contribution in [2.75, 3.05) is 18.4 Å². The van der Waals surface area contributed by atoms with Crippen LogP contribution in [-0.2, 0) is 4.79 Å². The maximum absolute atomic E-state index is 12.0. The Morgan fingerprint density at radius 1 is 1.30 bits per heavy atom. The minimum Gasteiger partial charge on any atom is -0.341 e. The highest BCUT2D eigenvalue weighted by Gasteiger charge is 2.24. The largest absolute Gasteiger partial charge is 0.341 e. The van der Waals surface area contributed by atoms with Crippen molar-refractivity contribution in [3.8, 4) is 0 Å². The Morgan fingerprint density at radius 2 is 2.00 bits per heavy atom. The van der Waals surface area contributed by atoms with E-state index in [-0.39, 0.29) is 5.91 Å². The van der Waals surface area contributed by atoms with Crippen LogP contribution in [0.2, 0.25) is 5.02 Å². The second-order valence-corrected chi connectivity index (χ2v) is 5.30. The van der Waals surface area contributed by atoms with E-state index in [2.05, 4.69) is 10.6 Å². The molecule has 1 aliphatic heterocycles. The fraction of sp³-hybridized carbons (Fsp3) is 0.429. The van der Waals surface area contributed by atoms with Crippen LogP contribution in [0.5, 0.6) is 0 Å². The monoisotopic (exact) mass is 295 g/mol. The summed E-state index contributed by atoms with van der Waals surface area (Å²) in [5.74, 6) is -0.0382. The lowest BCUT2D eigenvalue weighted by Gasteiger charge is -2.21. The Balaban J connectivity index is 1.85. The Hall–Kier alpha value is -1.75. The zero-order valence-corrected chi connectivity index (χ0v) is 12.1. The van der Waals surface area contributed by atoms with Gasteiger partial charge in [-0.15, -0.1) is 0 Å². The molecule has 0 radical (unpaired) electrons. The van der Waals surface area contributed by atoms with E-state index >= 15 is 0 Å². The lowest BCUT2D eigenvalue weighted by Crippen LogP contribution is -2.47. The van der Waals surface area contributed by atoms with Crippen LogP contribution in [0.1, 0.15) is 19.8 Å². The lowest BCUT2D eigenvalue weighted by atomic mass is 10.3. The van der Waals surface area contributed by atoms with Crippen LogP contribution in [-0.4, -0.2) is 36.0 Å². The number of carbonyl (C=O) groups excluding carboxylic acids is 2. The molecule has 2 rings (SSSR count). The number of urea groups is 1. The minimum atomic E-state index is -0.535. The van der Waals surface area contributed by atoms with Crippen LogP contribution in [0.25, 0.3) is 0 Å². The van der Waals surface area contributed by atoms with Gasteiger partial charge in [0.05, 0.1) is 0 Å². The predicted octanol–water partition coefficient (Wildman–Crippen LogP) is 2.47. The van der Waals surface area contributed by atoms with Gasteiger partial charge in [-0.1, -0.05) is 17.7 Å². The molecule has 1 heterocycles. The van der Waals surface area contributed by atoms with E-state index in [9.17, 15) is 9.59 Å². The van der Waals surface area contributed by atoms with Gasteiger partial charge in [-0.05, 0) is 38.0 Å². The van der Waals surface area contributed by atoms with Gasteiger partial charge >= 0.3 is 6.03 Å². The van der Waals surface area contributed by atoms with Gasteiger partial charge in [-0.3, -0.25) is 4.79 Å². The number of likely N-dealkylation sites (tertiary alicyclic amines) is 1. The summed E-state index contributed by atoms with van der Waals surface area (Å²) in [5.41, 5.74) is 0.593. The Labute approximate surface area is 123 Å². The third-order valence-electron chi connectivity index (χ3n) is 3.22. The minimum absolute atomic E-state index is 0.0382. The Morgan fingerprint density at radius 3 is 2.65 bits per heavy atom. The highest BCUT2D eigenvalue weighted by molar-refractivity contribution is 6.30. The Bertz CT molecular complexity index is 501. The summed E-state index contributed by atoms with van der Waals surface area (Å²) in [5, 5.41) is 5.84. The number of carbonyl (C=O) groups is 2. The summed E-state index contributed by atoms with van der Waals surface area (Å²) in [4.78, 5) is 25.6. The van der Waals surface area contributed by atoms with Crippen LogP contribution in [0.3, 0.4) is 0 Å². The second kappa shape index (κ2) is 6.61. The summed E-state index contributed by atoms with van der Waals surface area (Å²) in [6.45, 7) is 3.25. The van der Waals surface area contributed by atoms with Crippen molar-refractivity contribution in [3.63, 3.8) is 0 Å². The number of amides is 3. The summed E-state index contributed by atoms with van der Waals surface area (Å²) < 4.78 is 0. The van der Waals surface area contributed by atoms with Crippen molar-refractivity contribution < 1.29 is 9.59 Å². The van der Waals surface area contributed by atoms with Gasteiger partial charge < -0.3 is 15.5 Å². The van der Waals surface area contributed by atoms with Crippen LogP contribution in [0.15, 0.2) is 24.3 Å². The first-order chi connectivity index (χ1) is 9.56. The molecule has 108 valence electrons. The number of nitrogens with zero attached hydrogens (tertiary/aromatic N) is 1. The van der Waals surface area contributed by atoms with Gasteiger partial charge in [0, 0.05) is 23.8 Å².